The van der Waals surface area contributed by atoms with Gasteiger partial charge in [-0.05, 0) is 17.7 Å². The molecule has 0 fully saturated rings. The fourth-order valence-electron chi connectivity index (χ4n) is 1.68. The molecule has 5 nitrogen and oxygen atoms in total. The first kappa shape index (κ1) is 11.4. The highest BCUT2D eigenvalue weighted by molar-refractivity contribution is 5.58. The third-order valence-corrected chi connectivity index (χ3v) is 2.58. The maximum Gasteiger partial charge on any atom is 0.252 e. The number of aromatic nitrogens is 3. The zero-order valence-corrected chi connectivity index (χ0v) is 10.1. The molecule has 0 aliphatic rings. The Balaban J connectivity index is 1.82. The maximum absolute atomic E-state index is 5.71. The molecule has 0 aliphatic heterocycles. The van der Waals surface area contributed by atoms with Crippen LogP contribution in [-0.2, 0) is 6.61 Å². The van der Waals surface area contributed by atoms with Crippen LogP contribution in [0.1, 0.15) is 5.56 Å². The summed E-state index contributed by atoms with van der Waals surface area (Å²) in [5, 5.41) is 7.52. The number of nitrogens with zero attached hydrogens (tertiary/aromatic N) is 3. The minimum absolute atomic E-state index is 0.399. The van der Waals surface area contributed by atoms with Crippen molar-refractivity contribution in [3.05, 3.63) is 60.6 Å². The molecule has 19 heavy (non-hydrogen) atoms. The van der Waals surface area contributed by atoms with Crippen LogP contribution in [0.5, 0.6) is 5.88 Å². The molecule has 0 unspecified atom stereocenters. The lowest BCUT2D eigenvalue weighted by molar-refractivity contribution is 0.294. The van der Waals surface area contributed by atoms with Gasteiger partial charge in [0.25, 0.3) is 5.89 Å². The number of benzene rings is 1. The number of rotatable bonds is 4. The van der Waals surface area contributed by atoms with Crippen LogP contribution < -0.4 is 4.74 Å². The van der Waals surface area contributed by atoms with Crippen molar-refractivity contribution < 1.29 is 9.15 Å². The van der Waals surface area contributed by atoms with Crippen LogP contribution in [0.15, 0.2) is 59.5 Å². The predicted molar refractivity (Wildman–Crippen MR) is 68.3 cm³/mol. The lowest BCUT2D eigenvalue weighted by Gasteiger charge is -2.07. The van der Waals surface area contributed by atoms with Crippen LogP contribution in [0.4, 0.5) is 0 Å². The Bertz CT molecular complexity index is 639. The van der Waals surface area contributed by atoms with Gasteiger partial charge in [0, 0.05) is 6.20 Å². The van der Waals surface area contributed by atoms with E-state index in [1.165, 1.54) is 6.39 Å². The second-order valence-electron chi connectivity index (χ2n) is 3.87. The Morgan fingerprint density at radius 2 is 1.95 bits per heavy atom. The zero-order valence-electron chi connectivity index (χ0n) is 10.1. The smallest absolute Gasteiger partial charge is 0.252 e. The molecule has 2 heterocycles. The van der Waals surface area contributed by atoms with E-state index in [0.29, 0.717) is 23.9 Å². The summed E-state index contributed by atoms with van der Waals surface area (Å²) in [6, 6.07) is 13.5. The second-order valence-corrected chi connectivity index (χ2v) is 3.87. The quantitative estimate of drug-likeness (QED) is 0.715. The van der Waals surface area contributed by atoms with Gasteiger partial charge in [0.15, 0.2) is 0 Å². The first-order chi connectivity index (χ1) is 9.43. The predicted octanol–water partition coefficient (Wildman–Crippen LogP) is 2.71. The van der Waals surface area contributed by atoms with E-state index < -0.39 is 0 Å². The first-order valence-corrected chi connectivity index (χ1v) is 5.82. The molecule has 5 heteroatoms. The third-order valence-electron chi connectivity index (χ3n) is 2.58. The van der Waals surface area contributed by atoms with Crippen molar-refractivity contribution in [2.24, 2.45) is 0 Å². The normalized spacial score (nSPS) is 10.3. The Morgan fingerprint density at radius 1 is 1.05 bits per heavy atom. The summed E-state index contributed by atoms with van der Waals surface area (Å²) in [5.74, 6) is 0.881. The van der Waals surface area contributed by atoms with Gasteiger partial charge < -0.3 is 9.15 Å². The minimum atomic E-state index is 0.399. The molecule has 0 saturated heterocycles. The minimum Gasteiger partial charge on any atom is -0.472 e. The van der Waals surface area contributed by atoms with Crippen molar-refractivity contribution in [1.82, 2.24) is 15.2 Å². The molecule has 1 aromatic carbocycles. The molecule has 94 valence electrons. The summed E-state index contributed by atoms with van der Waals surface area (Å²) in [6.45, 7) is 0.443. The van der Waals surface area contributed by atoms with E-state index in [1.807, 2.05) is 36.4 Å². The van der Waals surface area contributed by atoms with Gasteiger partial charge in [0.1, 0.15) is 12.2 Å². The van der Waals surface area contributed by atoms with Gasteiger partial charge in [-0.2, -0.15) is 0 Å². The molecule has 0 saturated carbocycles. The summed E-state index contributed by atoms with van der Waals surface area (Å²) < 4.78 is 10.9. The van der Waals surface area contributed by atoms with Gasteiger partial charge in [-0.25, -0.2) is 4.98 Å². The summed E-state index contributed by atoms with van der Waals surface area (Å²) in [6.07, 6.45) is 2.95. The number of ether oxygens (including phenoxy) is 1. The molecule has 0 spiro atoms. The number of hydrogen-bond donors (Lipinski definition) is 0. The summed E-state index contributed by atoms with van der Waals surface area (Å²) in [4.78, 5) is 4.20. The van der Waals surface area contributed by atoms with Gasteiger partial charge >= 0.3 is 0 Å². The van der Waals surface area contributed by atoms with Crippen molar-refractivity contribution in [2.75, 3.05) is 0 Å². The van der Waals surface area contributed by atoms with Crippen LogP contribution in [0, 0.1) is 0 Å². The molecule has 0 radical (unpaired) electrons. The van der Waals surface area contributed by atoms with Crippen molar-refractivity contribution in [2.45, 2.75) is 6.61 Å². The standard InChI is InChI=1S/C14H11N3O2/c1-2-5-11(6-3-1)9-18-13-12(7-4-8-15-13)14-17-16-10-19-14/h1-8,10H,9H2. The molecule has 2 aromatic heterocycles. The van der Waals surface area contributed by atoms with Gasteiger partial charge in [0.2, 0.25) is 12.3 Å². The Labute approximate surface area is 109 Å². The van der Waals surface area contributed by atoms with E-state index in [0.717, 1.165) is 5.56 Å². The lowest BCUT2D eigenvalue weighted by Crippen LogP contribution is -1.98. The van der Waals surface area contributed by atoms with E-state index in [2.05, 4.69) is 15.2 Å². The fraction of sp³-hybridized carbons (Fsp3) is 0.0714. The molecule has 0 amide bonds. The van der Waals surface area contributed by atoms with Crippen LogP contribution >= 0.6 is 0 Å². The SMILES string of the molecule is c1ccc(COc2ncccc2-c2nnco2)cc1. The number of hydrogen-bond acceptors (Lipinski definition) is 5. The van der Waals surface area contributed by atoms with Gasteiger partial charge in [0.05, 0.1) is 0 Å². The molecular formula is C14H11N3O2. The van der Waals surface area contributed by atoms with Crippen molar-refractivity contribution in [3.8, 4) is 17.3 Å². The van der Waals surface area contributed by atoms with E-state index >= 15 is 0 Å². The summed E-state index contributed by atoms with van der Waals surface area (Å²) in [7, 11) is 0. The van der Waals surface area contributed by atoms with Crippen LogP contribution in [-0.4, -0.2) is 15.2 Å². The van der Waals surface area contributed by atoms with E-state index in [1.54, 1.807) is 12.3 Å². The molecule has 3 aromatic rings. The van der Waals surface area contributed by atoms with Crippen molar-refractivity contribution >= 4 is 0 Å². The second kappa shape index (κ2) is 5.30. The average Bonchev–Trinajstić information content (AvgIpc) is 3.01. The maximum atomic E-state index is 5.71. The van der Waals surface area contributed by atoms with E-state index in [9.17, 15) is 0 Å². The van der Waals surface area contributed by atoms with Crippen molar-refractivity contribution in [1.29, 1.82) is 0 Å². The Morgan fingerprint density at radius 3 is 2.74 bits per heavy atom. The summed E-state index contributed by atoms with van der Waals surface area (Å²) >= 11 is 0. The molecular weight excluding hydrogens is 242 g/mol. The van der Waals surface area contributed by atoms with Crippen LogP contribution in [0.25, 0.3) is 11.5 Å². The molecule has 0 bridgehead atoms. The largest absolute Gasteiger partial charge is 0.472 e. The van der Waals surface area contributed by atoms with E-state index in [-0.39, 0.29) is 0 Å². The third kappa shape index (κ3) is 2.60. The molecule has 0 atom stereocenters. The lowest BCUT2D eigenvalue weighted by atomic mass is 10.2. The first-order valence-electron chi connectivity index (χ1n) is 5.82. The van der Waals surface area contributed by atoms with Gasteiger partial charge in [-0.15, -0.1) is 10.2 Å². The number of pyridine rings is 1. The average molecular weight is 253 g/mol. The van der Waals surface area contributed by atoms with Gasteiger partial charge in [-0.1, -0.05) is 30.3 Å². The monoisotopic (exact) mass is 253 g/mol. The van der Waals surface area contributed by atoms with Crippen molar-refractivity contribution in [3.63, 3.8) is 0 Å². The Kier molecular flexibility index (Phi) is 3.18. The van der Waals surface area contributed by atoms with Gasteiger partial charge in [-0.3, -0.25) is 0 Å². The molecule has 0 N–H and O–H groups in total. The van der Waals surface area contributed by atoms with Crippen LogP contribution in [0.3, 0.4) is 0 Å². The highest BCUT2D eigenvalue weighted by atomic mass is 16.5. The zero-order chi connectivity index (χ0) is 12.9. The summed E-state index contributed by atoms with van der Waals surface area (Å²) in [5.41, 5.74) is 1.76. The Hall–Kier alpha value is -2.69. The molecule has 3 rings (SSSR count). The van der Waals surface area contributed by atoms with E-state index in [4.69, 9.17) is 9.15 Å². The topological polar surface area (TPSA) is 61.0 Å². The highest BCUT2D eigenvalue weighted by Crippen LogP contribution is 2.26. The molecule has 0 aliphatic carbocycles. The fourth-order valence-corrected chi connectivity index (χ4v) is 1.68. The van der Waals surface area contributed by atoms with Crippen LogP contribution in [0.2, 0.25) is 0 Å². The highest BCUT2D eigenvalue weighted by Gasteiger charge is 2.11.